The van der Waals surface area contributed by atoms with Crippen molar-refractivity contribution in [1.29, 1.82) is 0 Å². The van der Waals surface area contributed by atoms with E-state index in [0.717, 1.165) is 0 Å². The average Bonchev–Trinajstić information content (AvgIpc) is 2.90. The summed E-state index contributed by atoms with van der Waals surface area (Å²) < 4.78 is 92.2. The highest BCUT2D eigenvalue weighted by atomic mass is 32.2. The van der Waals surface area contributed by atoms with E-state index in [2.05, 4.69) is 24.7 Å². The van der Waals surface area contributed by atoms with Gasteiger partial charge in [0.05, 0.1) is 22.4 Å². The molecule has 4 rings (SSSR count). The summed E-state index contributed by atoms with van der Waals surface area (Å²) in [5, 5.41) is -0.918. The van der Waals surface area contributed by atoms with Gasteiger partial charge in [0.25, 0.3) is 15.9 Å². The zero-order chi connectivity index (χ0) is 29.2. The molecule has 174 valence electrons. The topological polar surface area (TPSA) is 125 Å². The first-order chi connectivity index (χ1) is 18.8. The zero-order valence-electron chi connectivity index (χ0n) is 23.9. The number of methoxy groups -OCH3 is 2. The maximum atomic E-state index is 13.4. The second-order valence-electron chi connectivity index (χ2n) is 6.63. The minimum absolute atomic E-state index is 0.0134. The SMILES string of the molecule is [2H]c1nc(S(=O)(=O)Nc2nc(-c3ccncc3)nc(OC([2H])([2H])[2H])c2Oc2ccccc2OC)c([2H])c([2H])c1C. The lowest BCUT2D eigenvalue weighted by Crippen LogP contribution is -2.17. The minimum Gasteiger partial charge on any atom is -0.493 e. The molecule has 1 N–H and O–H groups in total. The molecule has 4 aromatic rings. The Balaban J connectivity index is 1.97. The monoisotopic (exact) mass is 485 g/mol. The van der Waals surface area contributed by atoms with E-state index in [4.69, 9.17) is 22.4 Å². The zero-order valence-corrected chi connectivity index (χ0v) is 18.7. The van der Waals surface area contributed by atoms with Gasteiger partial charge in [-0.25, -0.2) is 9.97 Å². The smallest absolute Gasteiger partial charge is 0.280 e. The van der Waals surface area contributed by atoms with Gasteiger partial charge in [0, 0.05) is 24.1 Å². The summed E-state index contributed by atoms with van der Waals surface area (Å²) in [5.74, 6) is -1.67. The van der Waals surface area contributed by atoms with Gasteiger partial charge in [0.2, 0.25) is 5.75 Å². The van der Waals surface area contributed by atoms with Crippen molar-refractivity contribution in [2.45, 2.75) is 11.9 Å². The maximum Gasteiger partial charge on any atom is 0.280 e. The van der Waals surface area contributed by atoms with Crippen molar-refractivity contribution in [3.05, 3.63) is 72.6 Å². The lowest BCUT2D eigenvalue weighted by molar-refractivity contribution is 0.348. The van der Waals surface area contributed by atoms with Crippen LogP contribution in [0.25, 0.3) is 11.4 Å². The van der Waals surface area contributed by atoms with Crippen LogP contribution in [0.1, 0.15) is 13.8 Å². The summed E-state index contributed by atoms with van der Waals surface area (Å²) in [6.45, 7) is 1.36. The summed E-state index contributed by atoms with van der Waals surface area (Å²) in [6.07, 6.45) is 2.32. The molecule has 0 unspecified atom stereocenters. The molecule has 0 atom stereocenters. The van der Waals surface area contributed by atoms with Crippen molar-refractivity contribution in [3.8, 4) is 34.5 Å². The van der Waals surface area contributed by atoms with Gasteiger partial charge in [-0.2, -0.15) is 13.4 Å². The number of para-hydroxylation sites is 2. The molecule has 1 aromatic carbocycles. The predicted octanol–water partition coefficient (Wildman–Crippen LogP) is 3.85. The largest absolute Gasteiger partial charge is 0.493 e. The first-order valence-corrected chi connectivity index (χ1v) is 11.1. The number of nitrogens with zero attached hydrogens (tertiary/aromatic N) is 4. The molecule has 0 amide bonds. The van der Waals surface area contributed by atoms with Gasteiger partial charge in [0.1, 0.15) is 0 Å². The molecular weight excluding hydrogens is 458 g/mol. The van der Waals surface area contributed by atoms with Gasteiger partial charge in [-0.1, -0.05) is 18.2 Å². The van der Waals surface area contributed by atoms with E-state index in [0.29, 0.717) is 5.56 Å². The lowest BCUT2D eigenvalue weighted by atomic mass is 10.2. The van der Waals surface area contributed by atoms with Crippen LogP contribution >= 0.6 is 0 Å². The summed E-state index contributed by atoms with van der Waals surface area (Å²) in [7, 11) is -6.46. The number of nitrogens with one attached hydrogen (secondary N) is 1. The first kappa shape index (κ1) is 16.4. The second kappa shape index (κ2) is 9.71. The number of benzene rings is 1. The van der Waals surface area contributed by atoms with E-state index in [1.807, 2.05) is 0 Å². The fraction of sp³-hybridized carbons (Fsp3) is 0.130. The van der Waals surface area contributed by atoms with Crippen LogP contribution in [0.5, 0.6) is 23.1 Å². The van der Waals surface area contributed by atoms with E-state index in [-0.39, 0.29) is 22.9 Å². The van der Waals surface area contributed by atoms with Crippen LogP contribution in [-0.4, -0.2) is 42.5 Å². The molecule has 34 heavy (non-hydrogen) atoms. The van der Waals surface area contributed by atoms with Crippen molar-refractivity contribution in [3.63, 3.8) is 0 Å². The molecule has 0 saturated carbocycles. The third kappa shape index (κ3) is 4.89. The van der Waals surface area contributed by atoms with Gasteiger partial charge < -0.3 is 14.2 Å². The van der Waals surface area contributed by atoms with Crippen molar-refractivity contribution < 1.29 is 30.9 Å². The standard InChI is InChI=1S/C23H21N5O5S/c1-15-8-9-19(25-14-15)34(29,30)28-22-20(33-18-7-5-4-6-17(18)31-2)23(32-3)27-21(26-22)16-10-12-24-13-11-16/h4-14H,1-3H3,(H,26,27,28)/i3D3,8D,9D,14D. The van der Waals surface area contributed by atoms with Crippen molar-refractivity contribution >= 4 is 15.8 Å². The van der Waals surface area contributed by atoms with Crippen LogP contribution in [0, 0.1) is 6.92 Å². The fourth-order valence-corrected chi connectivity index (χ4v) is 3.58. The molecule has 0 saturated heterocycles. The predicted molar refractivity (Wildman–Crippen MR) is 125 cm³/mol. The molecule has 11 heteroatoms. The highest BCUT2D eigenvalue weighted by Crippen LogP contribution is 2.41. The Morgan fingerprint density at radius 1 is 1.03 bits per heavy atom. The quantitative estimate of drug-likeness (QED) is 0.396. The Hall–Kier alpha value is -4.25. The first-order valence-electron chi connectivity index (χ1n) is 12.6. The molecule has 0 fully saturated rings. The van der Waals surface area contributed by atoms with E-state index < -0.39 is 57.8 Å². The molecule has 0 spiro atoms. The molecular formula is C23H21N5O5S. The van der Waals surface area contributed by atoms with Crippen LogP contribution in [0.3, 0.4) is 0 Å². The number of rotatable bonds is 8. The highest BCUT2D eigenvalue weighted by molar-refractivity contribution is 7.92. The van der Waals surface area contributed by atoms with E-state index >= 15 is 0 Å². The maximum absolute atomic E-state index is 13.4. The molecule has 0 bridgehead atoms. The summed E-state index contributed by atoms with van der Waals surface area (Å²) in [6, 6.07) is 7.98. The van der Waals surface area contributed by atoms with Crippen LogP contribution < -0.4 is 18.9 Å². The number of aromatic nitrogens is 4. The Labute approximate surface area is 205 Å². The third-order valence-electron chi connectivity index (χ3n) is 4.32. The van der Waals surface area contributed by atoms with Crippen molar-refractivity contribution in [2.24, 2.45) is 0 Å². The minimum atomic E-state index is -4.79. The normalized spacial score (nSPS) is 13.9. The van der Waals surface area contributed by atoms with Gasteiger partial charge in [-0.05, 0) is 42.8 Å². The second-order valence-corrected chi connectivity index (χ2v) is 8.23. The van der Waals surface area contributed by atoms with Crippen LogP contribution in [-0.2, 0) is 10.0 Å². The number of pyridine rings is 2. The lowest BCUT2D eigenvalue weighted by Gasteiger charge is -2.17. The number of anilines is 1. The van der Waals surface area contributed by atoms with Crippen LogP contribution in [0.4, 0.5) is 5.82 Å². The Morgan fingerprint density at radius 2 is 1.79 bits per heavy atom. The van der Waals surface area contributed by atoms with E-state index in [9.17, 15) is 8.42 Å². The highest BCUT2D eigenvalue weighted by Gasteiger charge is 2.25. The van der Waals surface area contributed by atoms with Crippen LogP contribution in [0.2, 0.25) is 0 Å². The van der Waals surface area contributed by atoms with Gasteiger partial charge >= 0.3 is 0 Å². The van der Waals surface area contributed by atoms with Gasteiger partial charge in [0.15, 0.2) is 28.2 Å². The molecule has 10 nitrogen and oxygen atoms in total. The Bertz CT molecular complexity index is 1670. The van der Waals surface area contributed by atoms with E-state index in [1.165, 1.54) is 44.6 Å². The molecule has 3 aromatic heterocycles. The number of hydrogen-bond acceptors (Lipinski definition) is 9. The van der Waals surface area contributed by atoms with Gasteiger partial charge in [-0.3, -0.25) is 9.71 Å². The third-order valence-corrected chi connectivity index (χ3v) is 5.48. The summed E-state index contributed by atoms with van der Waals surface area (Å²) in [5.41, 5.74) is 0.339. The van der Waals surface area contributed by atoms with Crippen LogP contribution in [0.15, 0.2) is 72.1 Å². The molecule has 0 aliphatic carbocycles. The fourth-order valence-electron chi connectivity index (χ4n) is 2.74. The number of sulfonamides is 1. The molecule has 0 aliphatic rings. The molecule has 3 heterocycles. The average molecular weight is 486 g/mol. The van der Waals surface area contributed by atoms with Crippen molar-refractivity contribution in [1.82, 2.24) is 19.9 Å². The molecule has 0 radical (unpaired) electrons. The Morgan fingerprint density at radius 3 is 2.53 bits per heavy atom. The van der Waals surface area contributed by atoms with E-state index in [1.54, 1.807) is 18.2 Å². The van der Waals surface area contributed by atoms with Crippen molar-refractivity contribution in [2.75, 3.05) is 18.9 Å². The number of ether oxygens (including phenoxy) is 3. The molecule has 0 aliphatic heterocycles. The Kier molecular flexibility index (Phi) is 4.68. The van der Waals surface area contributed by atoms with Gasteiger partial charge in [-0.15, -0.1) is 0 Å². The number of hydrogen-bond donors (Lipinski definition) is 1. The summed E-state index contributed by atoms with van der Waals surface area (Å²) >= 11 is 0. The summed E-state index contributed by atoms with van der Waals surface area (Å²) in [4.78, 5) is 16.0.